The molecule has 2 heterocycles. The maximum absolute atomic E-state index is 6.85. The Kier molecular flexibility index (Phi) is 14.5. The molecule has 4 aromatic carbocycles. The van der Waals surface area contributed by atoms with Gasteiger partial charge >= 0.3 is 0 Å². The van der Waals surface area contributed by atoms with Gasteiger partial charge in [-0.1, -0.05) is 121 Å². The predicted octanol–water partition coefficient (Wildman–Crippen LogP) is 8.57. The Morgan fingerprint density at radius 1 is 0.580 bits per heavy atom. The van der Waals surface area contributed by atoms with Gasteiger partial charge in [-0.05, 0) is 60.4 Å². The van der Waals surface area contributed by atoms with Crippen molar-refractivity contribution in [2.45, 2.75) is 89.2 Å². The van der Waals surface area contributed by atoms with Gasteiger partial charge in [-0.15, -0.1) is 0 Å². The third-order valence-electron chi connectivity index (χ3n) is 8.93. The van der Waals surface area contributed by atoms with E-state index < -0.39 is 24.4 Å². The lowest BCUT2D eigenvalue weighted by Gasteiger charge is -2.43. The van der Waals surface area contributed by atoms with Gasteiger partial charge in [-0.25, -0.2) is 0 Å². The van der Waals surface area contributed by atoms with Crippen molar-refractivity contribution in [1.82, 2.24) is 0 Å². The topological polar surface area (TPSA) is 64.6 Å². The summed E-state index contributed by atoms with van der Waals surface area (Å²) in [5, 5.41) is 0. The third-order valence-corrected chi connectivity index (χ3v) is 8.93. The van der Waals surface area contributed by atoms with Crippen molar-refractivity contribution in [3.8, 4) is 0 Å². The quantitative estimate of drug-likeness (QED) is 0.0978. The predicted molar refractivity (Wildman–Crippen MR) is 193 cm³/mol. The highest BCUT2D eigenvalue weighted by molar-refractivity contribution is 5.18. The van der Waals surface area contributed by atoms with Gasteiger partial charge in [-0.2, -0.15) is 0 Å². The average Bonchev–Trinajstić information content (AvgIpc) is 3.18. The van der Waals surface area contributed by atoms with Crippen LogP contribution in [0.25, 0.3) is 0 Å². The SMILES string of the molecule is C(/CCCOC1CCCCO1)=C1/OC(COCc2ccccc2)C(OCc2ccccc2)C(OCc2ccccc2)[C@@H]1OCc1ccccc1. The standard InChI is InChI=1S/C43H50O7/c1-5-17-34(18-6-1)29-44-33-39-42(48-31-36-21-9-3-10-22-36)43(49-32-37-23-11-4-12-24-37)41(47-30-35-19-7-2-8-20-35)38(50-39)25-13-15-27-45-40-26-14-16-28-46-40/h1-12,17-25,39-43H,13-16,26-33H2/b38-25-/t39?,40?,41-,42?,43?/m1/s1. The normalized spacial score (nSPS) is 23.0. The van der Waals surface area contributed by atoms with Crippen LogP contribution in [0.3, 0.4) is 0 Å². The van der Waals surface area contributed by atoms with E-state index in [4.69, 9.17) is 33.2 Å². The van der Waals surface area contributed by atoms with E-state index in [0.717, 1.165) is 66.7 Å². The molecule has 50 heavy (non-hydrogen) atoms. The molecule has 2 aliphatic heterocycles. The van der Waals surface area contributed by atoms with Crippen molar-refractivity contribution in [1.29, 1.82) is 0 Å². The van der Waals surface area contributed by atoms with Crippen LogP contribution >= 0.6 is 0 Å². The Bertz CT molecular complexity index is 1510. The van der Waals surface area contributed by atoms with Crippen molar-refractivity contribution in [2.24, 2.45) is 0 Å². The molecule has 2 saturated heterocycles. The molecule has 5 atom stereocenters. The lowest BCUT2D eigenvalue weighted by molar-refractivity contribution is -0.223. The first-order valence-corrected chi connectivity index (χ1v) is 18.0. The number of unbranched alkanes of at least 4 members (excludes halogenated alkanes) is 1. The smallest absolute Gasteiger partial charge is 0.157 e. The third kappa shape index (κ3) is 11.4. The average molecular weight is 679 g/mol. The fraction of sp³-hybridized carbons (Fsp3) is 0.395. The van der Waals surface area contributed by atoms with Crippen molar-refractivity contribution in [3.63, 3.8) is 0 Å². The Labute approximate surface area is 297 Å². The minimum absolute atomic E-state index is 0.103. The zero-order valence-electron chi connectivity index (χ0n) is 28.9. The highest BCUT2D eigenvalue weighted by Crippen LogP contribution is 2.33. The van der Waals surface area contributed by atoms with Crippen LogP contribution in [-0.4, -0.2) is 50.5 Å². The molecule has 0 bridgehead atoms. The van der Waals surface area contributed by atoms with E-state index in [-0.39, 0.29) is 6.29 Å². The summed E-state index contributed by atoms with van der Waals surface area (Å²) in [6.07, 6.45) is 4.94. The van der Waals surface area contributed by atoms with E-state index in [1.54, 1.807) is 0 Å². The van der Waals surface area contributed by atoms with Crippen LogP contribution in [-0.2, 0) is 59.6 Å². The second kappa shape index (κ2) is 20.1. The molecular weight excluding hydrogens is 628 g/mol. The molecule has 2 fully saturated rings. The Morgan fingerprint density at radius 3 is 1.68 bits per heavy atom. The molecule has 7 heteroatoms. The van der Waals surface area contributed by atoms with Crippen LogP contribution in [0.4, 0.5) is 0 Å². The fourth-order valence-electron chi connectivity index (χ4n) is 6.25. The molecule has 0 amide bonds. The first-order chi connectivity index (χ1) is 24.8. The summed E-state index contributed by atoms with van der Waals surface area (Å²) in [6.45, 7) is 3.39. The van der Waals surface area contributed by atoms with Crippen LogP contribution in [0.1, 0.15) is 54.4 Å². The van der Waals surface area contributed by atoms with E-state index in [0.29, 0.717) is 39.6 Å². The van der Waals surface area contributed by atoms with Crippen molar-refractivity contribution in [2.75, 3.05) is 19.8 Å². The lowest BCUT2D eigenvalue weighted by Crippen LogP contribution is -2.56. The van der Waals surface area contributed by atoms with Crippen molar-refractivity contribution < 1.29 is 33.2 Å². The molecule has 6 rings (SSSR count). The molecule has 264 valence electrons. The molecular formula is C43H50O7. The molecule has 0 N–H and O–H groups in total. The lowest BCUT2D eigenvalue weighted by atomic mass is 9.96. The minimum Gasteiger partial charge on any atom is -0.487 e. The number of benzene rings is 4. The zero-order valence-corrected chi connectivity index (χ0v) is 28.9. The van der Waals surface area contributed by atoms with Crippen LogP contribution in [0.2, 0.25) is 0 Å². The maximum atomic E-state index is 6.85. The number of hydrogen-bond donors (Lipinski definition) is 0. The largest absolute Gasteiger partial charge is 0.487 e. The monoisotopic (exact) mass is 678 g/mol. The second-order valence-corrected chi connectivity index (χ2v) is 12.8. The van der Waals surface area contributed by atoms with E-state index in [1.165, 1.54) is 0 Å². The van der Waals surface area contributed by atoms with E-state index >= 15 is 0 Å². The number of allylic oxidation sites excluding steroid dienone is 1. The maximum Gasteiger partial charge on any atom is 0.157 e. The van der Waals surface area contributed by atoms with Gasteiger partial charge < -0.3 is 33.2 Å². The molecule has 2 aliphatic rings. The van der Waals surface area contributed by atoms with Crippen LogP contribution < -0.4 is 0 Å². The zero-order chi connectivity index (χ0) is 34.1. The Balaban J connectivity index is 1.25. The molecule has 0 saturated carbocycles. The molecule has 0 spiro atoms. The van der Waals surface area contributed by atoms with Crippen LogP contribution in [0, 0.1) is 0 Å². The summed E-state index contributed by atoms with van der Waals surface area (Å²) in [5.41, 5.74) is 4.32. The molecule has 0 radical (unpaired) electrons. The van der Waals surface area contributed by atoms with Gasteiger partial charge in [0.15, 0.2) is 12.4 Å². The van der Waals surface area contributed by atoms with Gasteiger partial charge in [0, 0.05) is 6.61 Å². The highest BCUT2D eigenvalue weighted by Gasteiger charge is 2.46. The summed E-state index contributed by atoms with van der Waals surface area (Å²) in [5.74, 6) is 0.737. The molecule has 0 aliphatic carbocycles. The van der Waals surface area contributed by atoms with Crippen molar-refractivity contribution >= 4 is 0 Å². The summed E-state index contributed by atoms with van der Waals surface area (Å²) in [7, 11) is 0. The summed E-state index contributed by atoms with van der Waals surface area (Å²) in [6, 6.07) is 40.8. The fourth-order valence-corrected chi connectivity index (χ4v) is 6.25. The van der Waals surface area contributed by atoms with E-state index in [2.05, 4.69) is 54.6 Å². The van der Waals surface area contributed by atoms with Crippen LogP contribution in [0.5, 0.6) is 0 Å². The number of hydrogen-bond acceptors (Lipinski definition) is 7. The Morgan fingerprint density at radius 2 is 1.12 bits per heavy atom. The first kappa shape index (κ1) is 36.0. The molecule has 7 nitrogen and oxygen atoms in total. The number of ether oxygens (including phenoxy) is 7. The summed E-state index contributed by atoms with van der Waals surface area (Å²) < 4.78 is 45.3. The number of rotatable bonds is 18. The van der Waals surface area contributed by atoms with Gasteiger partial charge in [-0.3, -0.25) is 0 Å². The summed E-state index contributed by atoms with van der Waals surface area (Å²) >= 11 is 0. The van der Waals surface area contributed by atoms with Gasteiger partial charge in [0.05, 0.1) is 39.6 Å². The molecule has 4 unspecified atom stereocenters. The van der Waals surface area contributed by atoms with E-state index in [1.807, 2.05) is 72.8 Å². The second-order valence-electron chi connectivity index (χ2n) is 12.8. The first-order valence-electron chi connectivity index (χ1n) is 18.0. The van der Waals surface area contributed by atoms with Gasteiger partial charge in [0.1, 0.15) is 24.1 Å². The highest BCUT2D eigenvalue weighted by atomic mass is 16.7. The van der Waals surface area contributed by atoms with Gasteiger partial charge in [0.2, 0.25) is 0 Å². The van der Waals surface area contributed by atoms with Gasteiger partial charge in [0.25, 0.3) is 0 Å². The van der Waals surface area contributed by atoms with E-state index in [9.17, 15) is 0 Å². The summed E-state index contributed by atoms with van der Waals surface area (Å²) in [4.78, 5) is 0. The minimum atomic E-state index is -0.507. The van der Waals surface area contributed by atoms with Crippen LogP contribution in [0.15, 0.2) is 133 Å². The van der Waals surface area contributed by atoms with Crippen molar-refractivity contribution in [3.05, 3.63) is 155 Å². The molecule has 0 aromatic heterocycles. The molecule has 4 aromatic rings. The Hall–Kier alpha value is -3.82.